The van der Waals surface area contributed by atoms with Crippen molar-refractivity contribution >= 4 is 21.8 Å². The number of aromatic carboxylic acids is 1. The van der Waals surface area contributed by atoms with Crippen LogP contribution < -0.4 is 0 Å². The molecular weight excluding hydrogens is 272 g/mol. The highest BCUT2D eigenvalue weighted by Crippen LogP contribution is 2.20. The molecule has 0 atom stereocenters. The summed E-state index contributed by atoms with van der Waals surface area (Å²) in [6.45, 7) is 0. The van der Waals surface area contributed by atoms with Crippen LogP contribution in [0.2, 0.25) is 0 Å². The van der Waals surface area contributed by atoms with Crippen molar-refractivity contribution in [3.8, 4) is 0 Å². The van der Waals surface area contributed by atoms with E-state index in [2.05, 4.69) is 0 Å². The van der Waals surface area contributed by atoms with Crippen LogP contribution in [0.3, 0.4) is 0 Å². The number of carboxylic acid groups (broad SMARTS) is 1. The van der Waals surface area contributed by atoms with Crippen molar-refractivity contribution in [3.05, 3.63) is 46.6 Å². The number of ether oxygens (including phenoxy) is 1. The number of hydrogen-bond acceptors (Lipinski definition) is 5. The highest BCUT2D eigenvalue weighted by Gasteiger charge is 2.24. The van der Waals surface area contributed by atoms with E-state index in [1.807, 2.05) is 0 Å². The fraction of sp³-hybridized carbons (Fsp3) is 0.167. The molecule has 0 aliphatic carbocycles. The molecule has 0 spiro atoms. The SMILES string of the molecule is O=C(O)c1ccccc1C(=O)OC1=CS(=O)(=O)CC1. The molecule has 0 aromatic heterocycles. The quantitative estimate of drug-likeness (QED) is 0.836. The lowest BCUT2D eigenvalue weighted by Crippen LogP contribution is -2.11. The third kappa shape index (κ3) is 3.00. The number of carbonyl (C=O) groups excluding carboxylic acids is 1. The number of rotatable bonds is 3. The van der Waals surface area contributed by atoms with Crippen LogP contribution in [0.25, 0.3) is 0 Å². The lowest BCUT2D eigenvalue weighted by atomic mass is 10.1. The number of esters is 1. The van der Waals surface area contributed by atoms with Gasteiger partial charge in [-0.15, -0.1) is 0 Å². The van der Waals surface area contributed by atoms with Crippen LogP contribution in [-0.2, 0) is 14.6 Å². The van der Waals surface area contributed by atoms with Gasteiger partial charge in [-0.2, -0.15) is 0 Å². The zero-order valence-corrected chi connectivity index (χ0v) is 10.5. The van der Waals surface area contributed by atoms with Crippen LogP contribution in [0.4, 0.5) is 0 Å². The van der Waals surface area contributed by atoms with Crippen molar-refractivity contribution in [2.24, 2.45) is 0 Å². The van der Waals surface area contributed by atoms with Crippen molar-refractivity contribution in [1.82, 2.24) is 0 Å². The fourth-order valence-corrected chi connectivity index (χ4v) is 2.83. The van der Waals surface area contributed by atoms with E-state index < -0.39 is 21.8 Å². The summed E-state index contributed by atoms with van der Waals surface area (Å²) in [5, 5.41) is 9.84. The molecule has 1 aliphatic rings. The second-order valence-corrected chi connectivity index (χ2v) is 5.91. The van der Waals surface area contributed by atoms with Crippen LogP contribution in [0.5, 0.6) is 0 Å². The molecule has 7 heteroatoms. The van der Waals surface area contributed by atoms with Gasteiger partial charge in [0.05, 0.1) is 22.3 Å². The Morgan fingerprint density at radius 2 is 1.79 bits per heavy atom. The van der Waals surface area contributed by atoms with Gasteiger partial charge in [0, 0.05) is 6.42 Å². The third-order valence-corrected chi connectivity index (χ3v) is 3.94. The Balaban J connectivity index is 2.25. The van der Waals surface area contributed by atoms with E-state index in [9.17, 15) is 18.0 Å². The van der Waals surface area contributed by atoms with E-state index in [4.69, 9.17) is 9.84 Å². The lowest BCUT2D eigenvalue weighted by molar-refractivity contribution is 0.0598. The van der Waals surface area contributed by atoms with Crippen LogP contribution in [0, 0.1) is 0 Å². The number of sulfone groups is 1. The second kappa shape index (κ2) is 4.85. The van der Waals surface area contributed by atoms with Gasteiger partial charge in [-0.05, 0) is 12.1 Å². The molecule has 0 saturated carbocycles. The van der Waals surface area contributed by atoms with Crippen LogP contribution >= 0.6 is 0 Å². The normalized spacial score (nSPS) is 16.7. The molecule has 0 saturated heterocycles. The van der Waals surface area contributed by atoms with Crippen LogP contribution in [-0.4, -0.2) is 31.2 Å². The molecule has 0 unspecified atom stereocenters. The topological polar surface area (TPSA) is 97.7 Å². The number of hydrogen-bond donors (Lipinski definition) is 1. The fourth-order valence-electron chi connectivity index (χ4n) is 1.66. The third-order valence-electron chi connectivity index (χ3n) is 2.55. The predicted octanol–water partition coefficient (Wildman–Crippen LogP) is 1.20. The smallest absolute Gasteiger partial charge is 0.344 e. The molecule has 19 heavy (non-hydrogen) atoms. The number of benzene rings is 1. The van der Waals surface area contributed by atoms with Crippen molar-refractivity contribution in [2.75, 3.05) is 5.75 Å². The largest absolute Gasteiger partial charge is 0.478 e. The van der Waals surface area contributed by atoms with E-state index in [1.165, 1.54) is 24.3 Å². The van der Waals surface area contributed by atoms with Gasteiger partial charge in [0.25, 0.3) is 0 Å². The molecule has 0 bridgehead atoms. The van der Waals surface area contributed by atoms with E-state index in [0.717, 1.165) is 5.41 Å². The van der Waals surface area contributed by atoms with Gasteiger partial charge in [-0.1, -0.05) is 12.1 Å². The number of carbonyl (C=O) groups is 2. The van der Waals surface area contributed by atoms with Crippen LogP contribution in [0.15, 0.2) is 35.4 Å². The lowest BCUT2D eigenvalue weighted by Gasteiger charge is -2.06. The second-order valence-electron chi connectivity index (χ2n) is 3.94. The van der Waals surface area contributed by atoms with Crippen molar-refractivity contribution in [1.29, 1.82) is 0 Å². The first kappa shape index (κ1) is 13.3. The molecule has 1 N–H and O–H groups in total. The molecule has 0 radical (unpaired) electrons. The monoisotopic (exact) mass is 282 g/mol. The molecule has 1 heterocycles. The van der Waals surface area contributed by atoms with Gasteiger partial charge in [0.15, 0.2) is 9.84 Å². The van der Waals surface area contributed by atoms with E-state index in [1.54, 1.807) is 0 Å². The summed E-state index contributed by atoms with van der Waals surface area (Å²) in [5.41, 5.74) is -0.297. The Bertz CT molecular complexity index is 671. The summed E-state index contributed by atoms with van der Waals surface area (Å²) < 4.78 is 27.2. The average Bonchev–Trinajstić information content (AvgIpc) is 2.68. The maximum absolute atomic E-state index is 11.8. The first-order valence-corrected chi connectivity index (χ1v) is 7.08. The molecule has 1 aromatic rings. The Morgan fingerprint density at radius 3 is 2.32 bits per heavy atom. The molecule has 1 aliphatic heterocycles. The summed E-state index contributed by atoms with van der Waals surface area (Å²) >= 11 is 0. The van der Waals surface area contributed by atoms with Gasteiger partial charge in [-0.3, -0.25) is 0 Å². The minimum atomic E-state index is -3.31. The predicted molar refractivity (Wildman–Crippen MR) is 65.3 cm³/mol. The van der Waals surface area contributed by atoms with Crippen molar-refractivity contribution in [3.63, 3.8) is 0 Å². The summed E-state index contributed by atoms with van der Waals surface area (Å²) in [6.07, 6.45) is 0.114. The Kier molecular flexibility index (Phi) is 3.39. The minimum absolute atomic E-state index is 0.0326. The zero-order chi connectivity index (χ0) is 14.0. The van der Waals surface area contributed by atoms with Gasteiger partial charge in [-0.25, -0.2) is 18.0 Å². The van der Waals surface area contributed by atoms with Crippen molar-refractivity contribution < 1.29 is 27.9 Å². The van der Waals surface area contributed by atoms with Crippen molar-refractivity contribution in [2.45, 2.75) is 6.42 Å². The van der Waals surface area contributed by atoms with Crippen LogP contribution in [0.1, 0.15) is 27.1 Å². The Labute approximate surface area is 109 Å². The van der Waals surface area contributed by atoms with Gasteiger partial charge in [0.2, 0.25) is 0 Å². The van der Waals surface area contributed by atoms with E-state index in [-0.39, 0.29) is 29.1 Å². The molecule has 6 nitrogen and oxygen atoms in total. The highest BCUT2D eigenvalue weighted by atomic mass is 32.2. The zero-order valence-electron chi connectivity index (χ0n) is 9.70. The highest BCUT2D eigenvalue weighted by molar-refractivity contribution is 7.94. The molecule has 1 aromatic carbocycles. The molecule has 0 fully saturated rings. The summed E-state index contributed by atoms with van der Waals surface area (Å²) in [5.74, 6) is -2.19. The summed E-state index contributed by atoms with van der Waals surface area (Å²) in [4.78, 5) is 22.8. The van der Waals surface area contributed by atoms with Gasteiger partial charge in [0.1, 0.15) is 5.76 Å². The maximum Gasteiger partial charge on any atom is 0.344 e. The summed E-state index contributed by atoms with van der Waals surface area (Å²) in [7, 11) is -3.31. The standard InChI is InChI=1S/C12H10O6S/c13-11(14)9-3-1-2-4-10(9)12(15)18-8-5-6-19(16,17)7-8/h1-4,7H,5-6H2,(H,13,14). The summed E-state index contributed by atoms with van der Waals surface area (Å²) in [6, 6.07) is 5.58. The molecule has 100 valence electrons. The first-order chi connectivity index (χ1) is 8.89. The minimum Gasteiger partial charge on any atom is -0.478 e. The number of carboxylic acids is 1. The Hall–Kier alpha value is -2.15. The molecular formula is C12H10O6S. The maximum atomic E-state index is 11.8. The van der Waals surface area contributed by atoms with Gasteiger partial charge < -0.3 is 9.84 Å². The van der Waals surface area contributed by atoms with E-state index in [0.29, 0.717) is 0 Å². The first-order valence-electron chi connectivity index (χ1n) is 5.37. The number of allylic oxidation sites excluding steroid dienone is 1. The Morgan fingerprint density at radius 1 is 1.16 bits per heavy atom. The molecule has 0 amide bonds. The molecule has 2 rings (SSSR count). The van der Waals surface area contributed by atoms with E-state index >= 15 is 0 Å². The average molecular weight is 282 g/mol. The van der Waals surface area contributed by atoms with Gasteiger partial charge >= 0.3 is 11.9 Å².